The first-order valence-electron chi connectivity index (χ1n) is 6.42. The average Bonchev–Trinajstić information content (AvgIpc) is 2.72. The monoisotopic (exact) mass is 316 g/mol. The molecule has 0 unspecified atom stereocenters. The smallest absolute Gasteiger partial charge is 0.224 e. The Morgan fingerprint density at radius 3 is 2.75 bits per heavy atom. The molecule has 0 saturated carbocycles. The van der Waals surface area contributed by atoms with Crippen molar-refractivity contribution in [3.8, 4) is 0 Å². The van der Waals surface area contributed by atoms with Crippen LogP contribution in [0, 0.1) is 0 Å². The molecule has 1 aromatic rings. The maximum atomic E-state index is 11.9. The lowest BCUT2D eigenvalue weighted by Crippen LogP contribution is -2.37. The van der Waals surface area contributed by atoms with Gasteiger partial charge < -0.3 is 4.90 Å². The normalized spacial score (nSPS) is 19.6. The first-order chi connectivity index (χ1) is 9.41. The number of carbonyl (C=O) groups is 1. The van der Waals surface area contributed by atoms with Gasteiger partial charge in [-0.15, -0.1) is 0 Å². The van der Waals surface area contributed by atoms with Gasteiger partial charge in [-0.25, -0.2) is 13.1 Å². The van der Waals surface area contributed by atoms with Gasteiger partial charge in [-0.3, -0.25) is 4.79 Å². The van der Waals surface area contributed by atoms with Gasteiger partial charge in [0.05, 0.1) is 5.75 Å². The van der Waals surface area contributed by atoms with Gasteiger partial charge in [-0.1, -0.05) is 29.8 Å². The Morgan fingerprint density at radius 2 is 2.10 bits per heavy atom. The van der Waals surface area contributed by atoms with Gasteiger partial charge in [0, 0.05) is 30.6 Å². The largest absolute Gasteiger partial charge is 0.337 e. The molecule has 0 aliphatic carbocycles. The maximum Gasteiger partial charge on any atom is 0.224 e. The molecule has 1 N–H and O–H groups in total. The Hall–Kier alpha value is -1.11. The van der Waals surface area contributed by atoms with Gasteiger partial charge in [0.15, 0.2) is 0 Å². The van der Waals surface area contributed by atoms with Gasteiger partial charge >= 0.3 is 0 Å². The summed E-state index contributed by atoms with van der Waals surface area (Å²) in [7, 11) is -3.29. The lowest BCUT2D eigenvalue weighted by molar-refractivity contribution is -0.128. The third-order valence-electron chi connectivity index (χ3n) is 3.26. The molecule has 1 aliphatic rings. The van der Waals surface area contributed by atoms with Crippen molar-refractivity contribution in [2.75, 3.05) is 12.3 Å². The number of hydrogen-bond acceptors (Lipinski definition) is 3. The first kappa shape index (κ1) is 15.3. The second-order valence-electron chi connectivity index (χ2n) is 4.79. The van der Waals surface area contributed by atoms with Crippen molar-refractivity contribution in [1.29, 1.82) is 0 Å². The van der Waals surface area contributed by atoms with E-state index in [0.29, 0.717) is 18.1 Å². The number of likely N-dealkylation sites (tertiary alicyclic amines) is 1. The summed E-state index contributed by atoms with van der Waals surface area (Å²) >= 11 is 6.07. The molecule has 0 aromatic heterocycles. The molecule has 2 rings (SSSR count). The Kier molecular flexibility index (Phi) is 4.67. The lowest BCUT2D eigenvalue weighted by atomic mass is 10.2. The molecule has 0 spiro atoms. The number of rotatable bonds is 5. The predicted octanol–water partition coefficient (Wildman–Crippen LogP) is 1.38. The Labute approximate surface area is 124 Å². The van der Waals surface area contributed by atoms with E-state index in [1.165, 1.54) is 0 Å². The number of amides is 1. The van der Waals surface area contributed by atoms with E-state index in [1.54, 1.807) is 17.9 Å². The van der Waals surface area contributed by atoms with E-state index in [2.05, 4.69) is 4.72 Å². The van der Waals surface area contributed by atoms with Gasteiger partial charge in [-0.05, 0) is 18.6 Å². The minimum Gasteiger partial charge on any atom is -0.337 e. The summed E-state index contributed by atoms with van der Waals surface area (Å²) in [5, 5.41) is 0.609. The van der Waals surface area contributed by atoms with Crippen LogP contribution in [0.3, 0.4) is 0 Å². The zero-order valence-corrected chi connectivity index (χ0v) is 12.7. The number of nitrogens with zero attached hydrogens (tertiary/aromatic N) is 1. The fraction of sp³-hybridized carbons (Fsp3) is 0.462. The number of carbonyl (C=O) groups excluding carboxylic acids is 1. The van der Waals surface area contributed by atoms with Crippen LogP contribution in [0.4, 0.5) is 0 Å². The molecule has 5 nitrogen and oxygen atoms in total. The van der Waals surface area contributed by atoms with E-state index in [9.17, 15) is 13.2 Å². The van der Waals surface area contributed by atoms with Crippen LogP contribution in [0.5, 0.6) is 0 Å². The Bertz CT molecular complexity index is 603. The Balaban J connectivity index is 2.02. The van der Waals surface area contributed by atoms with Crippen LogP contribution in [0.1, 0.15) is 18.9 Å². The molecular formula is C13H17ClN2O3S. The molecule has 110 valence electrons. The van der Waals surface area contributed by atoms with Crippen LogP contribution in [0.25, 0.3) is 0 Å². The number of benzene rings is 1. The summed E-state index contributed by atoms with van der Waals surface area (Å²) in [6.07, 6.45) is 0.198. The summed E-state index contributed by atoms with van der Waals surface area (Å²) in [6, 6.07) is 6.97. The third-order valence-corrected chi connectivity index (χ3v) is 5.08. The van der Waals surface area contributed by atoms with Gasteiger partial charge in [0.25, 0.3) is 0 Å². The van der Waals surface area contributed by atoms with Crippen LogP contribution in [-0.4, -0.2) is 37.6 Å². The second kappa shape index (κ2) is 6.11. The highest BCUT2D eigenvalue weighted by Gasteiger charge is 2.31. The number of halogens is 1. The van der Waals surface area contributed by atoms with Crippen LogP contribution in [0.2, 0.25) is 5.02 Å². The number of sulfonamides is 1. The minimum atomic E-state index is -3.29. The molecule has 1 fully saturated rings. The highest BCUT2D eigenvalue weighted by molar-refractivity contribution is 7.89. The molecule has 1 atom stereocenters. The van der Waals surface area contributed by atoms with Gasteiger partial charge in [-0.2, -0.15) is 0 Å². The minimum absolute atomic E-state index is 0.0161. The number of nitrogens with one attached hydrogen (secondary N) is 1. The molecule has 0 bridgehead atoms. The molecule has 1 aromatic carbocycles. The van der Waals surface area contributed by atoms with Crippen LogP contribution >= 0.6 is 11.6 Å². The standard InChI is InChI=1S/C13H17ClN2O3S/c1-2-20(18,19)15-11-7-13(17)16(9-11)8-10-5-3-4-6-12(10)14/h3-6,11,15H,2,7-9H2,1H3/t11-/m1/s1. The number of hydrogen-bond donors (Lipinski definition) is 1. The Morgan fingerprint density at radius 1 is 1.40 bits per heavy atom. The fourth-order valence-corrected chi connectivity index (χ4v) is 3.20. The summed E-state index contributed by atoms with van der Waals surface area (Å²) in [5.41, 5.74) is 0.863. The van der Waals surface area contributed by atoms with E-state index < -0.39 is 10.0 Å². The first-order valence-corrected chi connectivity index (χ1v) is 8.45. The van der Waals surface area contributed by atoms with Crippen molar-refractivity contribution >= 4 is 27.5 Å². The van der Waals surface area contributed by atoms with E-state index >= 15 is 0 Å². The second-order valence-corrected chi connectivity index (χ2v) is 7.24. The van der Waals surface area contributed by atoms with Crippen LogP contribution in [-0.2, 0) is 21.4 Å². The molecule has 7 heteroatoms. The molecule has 1 aliphatic heterocycles. The molecule has 0 radical (unpaired) electrons. The van der Waals surface area contributed by atoms with Gasteiger partial charge in [0.1, 0.15) is 0 Å². The highest BCUT2D eigenvalue weighted by atomic mass is 35.5. The van der Waals surface area contributed by atoms with Crippen molar-refractivity contribution in [1.82, 2.24) is 9.62 Å². The van der Waals surface area contributed by atoms with E-state index in [-0.39, 0.29) is 24.1 Å². The quantitative estimate of drug-likeness (QED) is 0.892. The molecule has 20 heavy (non-hydrogen) atoms. The summed E-state index contributed by atoms with van der Waals surface area (Å²) in [6.45, 7) is 2.35. The topological polar surface area (TPSA) is 66.5 Å². The fourth-order valence-electron chi connectivity index (χ4n) is 2.17. The van der Waals surface area contributed by atoms with Crippen molar-refractivity contribution in [3.05, 3.63) is 34.9 Å². The van der Waals surface area contributed by atoms with Crippen LogP contribution < -0.4 is 4.72 Å². The average molecular weight is 317 g/mol. The van der Waals surface area contributed by atoms with Crippen molar-refractivity contribution < 1.29 is 13.2 Å². The van der Waals surface area contributed by atoms with E-state index in [4.69, 9.17) is 11.6 Å². The highest BCUT2D eigenvalue weighted by Crippen LogP contribution is 2.20. The SMILES string of the molecule is CCS(=O)(=O)N[C@@H]1CC(=O)N(Cc2ccccc2Cl)C1. The van der Waals surface area contributed by atoms with E-state index in [0.717, 1.165) is 5.56 Å². The summed E-state index contributed by atoms with van der Waals surface area (Å²) in [5.74, 6) is -0.0453. The predicted molar refractivity (Wildman–Crippen MR) is 77.9 cm³/mol. The molecule has 1 amide bonds. The summed E-state index contributed by atoms with van der Waals surface area (Å²) in [4.78, 5) is 13.6. The van der Waals surface area contributed by atoms with Crippen molar-refractivity contribution in [2.24, 2.45) is 0 Å². The maximum absolute atomic E-state index is 11.9. The van der Waals surface area contributed by atoms with Crippen molar-refractivity contribution in [2.45, 2.75) is 25.9 Å². The zero-order valence-electron chi connectivity index (χ0n) is 11.2. The van der Waals surface area contributed by atoms with Gasteiger partial charge in [0.2, 0.25) is 15.9 Å². The molecule has 1 heterocycles. The zero-order chi connectivity index (χ0) is 14.8. The summed E-state index contributed by atoms with van der Waals surface area (Å²) < 4.78 is 25.6. The lowest BCUT2D eigenvalue weighted by Gasteiger charge is -2.17. The van der Waals surface area contributed by atoms with E-state index in [1.807, 2.05) is 18.2 Å². The molecular weight excluding hydrogens is 300 g/mol. The third kappa shape index (κ3) is 3.71. The van der Waals surface area contributed by atoms with Crippen LogP contribution in [0.15, 0.2) is 24.3 Å². The van der Waals surface area contributed by atoms with Crippen molar-refractivity contribution in [3.63, 3.8) is 0 Å². The molecule has 1 saturated heterocycles.